The van der Waals surface area contributed by atoms with Gasteiger partial charge in [-0.3, -0.25) is 4.79 Å². The van der Waals surface area contributed by atoms with Gasteiger partial charge in [0.2, 0.25) is 11.8 Å². The summed E-state index contributed by atoms with van der Waals surface area (Å²) < 4.78 is 9.71. The lowest BCUT2D eigenvalue weighted by Crippen LogP contribution is -2.07. The molecule has 0 radical (unpaired) electrons. The molecule has 1 rings (SSSR count). The van der Waals surface area contributed by atoms with Crippen molar-refractivity contribution >= 4 is 23.7 Å². The van der Waals surface area contributed by atoms with Crippen LogP contribution in [-0.2, 0) is 9.53 Å². The van der Waals surface area contributed by atoms with E-state index in [2.05, 4.69) is 9.97 Å². The molecule has 2 N–H and O–H groups in total. The van der Waals surface area contributed by atoms with Crippen molar-refractivity contribution in [2.24, 2.45) is 0 Å². The van der Waals surface area contributed by atoms with Crippen LogP contribution in [-0.4, -0.2) is 35.4 Å². The Kier molecular flexibility index (Phi) is 4.84. The zero-order chi connectivity index (χ0) is 12.0. The van der Waals surface area contributed by atoms with Crippen molar-refractivity contribution in [3.8, 4) is 5.88 Å². The Balaban J connectivity index is 2.59. The highest BCUT2D eigenvalue weighted by Crippen LogP contribution is 2.20. The number of ether oxygens (including phenoxy) is 2. The summed E-state index contributed by atoms with van der Waals surface area (Å²) in [7, 11) is 1.49. The minimum atomic E-state index is -0.288. The minimum absolute atomic E-state index is 0.116. The first-order valence-corrected chi connectivity index (χ1v) is 5.61. The molecule has 0 unspecified atom stereocenters. The number of thioether (sulfide) groups is 1. The number of nitrogens with zero attached hydrogens (tertiary/aromatic N) is 2. The largest absolute Gasteiger partial charge is 0.481 e. The van der Waals surface area contributed by atoms with Crippen LogP contribution in [0.1, 0.15) is 6.92 Å². The maximum atomic E-state index is 11.1. The van der Waals surface area contributed by atoms with Gasteiger partial charge in [0, 0.05) is 6.07 Å². The molecule has 0 aliphatic carbocycles. The SMILES string of the molecule is CCOC(=O)CSc1cc(OC)nc(N)n1. The summed E-state index contributed by atoms with van der Waals surface area (Å²) in [4.78, 5) is 18.9. The molecule has 1 aromatic heterocycles. The van der Waals surface area contributed by atoms with Gasteiger partial charge in [-0.05, 0) is 6.92 Å². The summed E-state index contributed by atoms with van der Waals surface area (Å²) in [6.07, 6.45) is 0. The topological polar surface area (TPSA) is 87.3 Å². The molecule has 0 aromatic carbocycles. The maximum absolute atomic E-state index is 11.1. The number of carbonyl (C=O) groups is 1. The van der Waals surface area contributed by atoms with E-state index in [0.29, 0.717) is 17.5 Å². The predicted octanol–water partition coefficient (Wildman–Crippen LogP) is 0.723. The van der Waals surface area contributed by atoms with Crippen LogP contribution in [0, 0.1) is 0 Å². The zero-order valence-electron chi connectivity index (χ0n) is 9.10. The molecule has 0 bridgehead atoms. The van der Waals surface area contributed by atoms with E-state index >= 15 is 0 Å². The summed E-state index contributed by atoms with van der Waals surface area (Å²) in [6.45, 7) is 2.13. The van der Waals surface area contributed by atoms with Crippen LogP contribution < -0.4 is 10.5 Å². The van der Waals surface area contributed by atoms with Gasteiger partial charge < -0.3 is 15.2 Å². The summed E-state index contributed by atoms with van der Waals surface area (Å²) in [6, 6.07) is 1.61. The molecule has 0 saturated carbocycles. The number of nitrogen functional groups attached to an aromatic ring is 1. The lowest BCUT2D eigenvalue weighted by Gasteiger charge is -2.04. The monoisotopic (exact) mass is 243 g/mol. The summed E-state index contributed by atoms with van der Waals surface area (Å²) in [5.74, 6) is 0.390. The van der Waals surface area contributed by atoms with Gasteiger partial charge in [-0.15, -0.1) is 0 Å². The van der Waals surface area contributed by atoms with E-state index in [4.69, 9.17) is 15.2 Å². The number of rotatable bonds is 5. The Bertz CT molecular complexity index is 373. The Morgan fingerprint density at radius 2 is 2.31 bits per heavy atom. The molecule has 0 atom stereocenters. The van der Waals surface area contributed by atoms with Gasteiger partial charge in [0.15, 0.2) is 0 Å². The average Bonchev–Trinajstić information content (AvgIpc) is 2.26. The van der Waals surface area contributed by atoms with Gasteiger partial charge in [-0.1, -0.05) is 11.8 Å². The van der Waals surface area contributed by atoms with Gasteiger partial charge in [-0.25, -0.2) is 4.98 Å². The Morgan fingerprint density at radius 3 is 2.94 bits per heavy atom. The van der Waals surface area contributed by atoms with Crippen molar-refractivity contribution in [3.05, 3.63) is 6.07 Å². The van der Waals surface area contributed by atoms with E-state index in [-0.39, 0.29) is 17.7 Å². The van der Waals surface area contributed by atoms with Gasteiger partial charge >= 0.3 is 5.97 Å². The standard InChI is InChI=1S/C9H13N3O3S/c1-3-15-8(13)5-16-7-4-6(14-2)11-9(10)12-7/h4H,3,5H2,1-2H3,(H2,10,11,12). The van der Waals surface area contributed by atoms with E-state index in [1.165, 1.54) is 18.9 Å². The Hall–Kier alpha value is -1.50. The molecule has 16 heavy (non-hydrogen) atoms. The first-order chi connectivity index (χ1) is 7.65. The highest BCUT2D eigenvalue weighted by Gasteiger charge is 2.07. The smallest absolute Gasteiger partial charge is 0.316 e. The molecule has 7 heteroatoms. The maximum Gasteiger partial charge on any atom is 0.316 e. The number of anilines is 1. The second-order valence-corrected chi connectivity index (χ2v) is 3.70. The van der Waals surface area contributed by atoms with Gasteiger partial charge in [-0.2, -0.15) is 4.98 Å². The fourth-order valence-electron chi connectivity index (χ4n) is 0.935. The first kappa shape index (κ1) is 12.6. The molecule has 0 amide bonds. The van der Waals surface area contributed by atoms with Crippen molar-refractivity contribution in [1.29, 1.82) is 0 Å². The zero-order valence-corrected chi connectivity index (χ0v) is 9.91. The molecule has 88 valence electrons. The minimum Gasteiger partial charge on any atom is -0.481 e. The molecule has 1 heterocycles. The van der Waals surface area contributed by atoms with Gasteiger partial charge in [0.1, 0.15) is 5.03 Å². The molecule has 0 aliphatic heterocycles. The van der Waals surface area contributed by atoms with Crippen LogP contribution in [0.15, 0.2) is 11.1 Å². The summed E-state index contributed by atoms with van der Waals surface area (Å²) in [5.41, 5.74) is 5.47. The molecule has 6 nitrogen and oxygen atoms in total. The number of nitrogens with two attached hydrogens (primary N) is 1. The van der Waals surface area contributed by atoms with E-state index < -0.39 is 0 Å². The van der Waals surface area contributed by atoms with Gasteiger partial charge in [0.05, 0.1) is 19.5 Å². The first-order valence-electron chi connectivity index (χ1n) is 4.62. The van der Waals surface area contributed by atoms with Crippen molar-refractivity contribution in [2.75, 3.05) is 25.2 Å². The fraction of sp³-hybridized carbons (Fsp3) is 0.444. The number of methoxy groups -OCH3 is 1. The number of esters is 1. The third-order valence-corrected chi connectivity index (χ3v) is 2.43. The summed E-state index contributed by atoms with van der Waals surface area (Å²) in [5, 5.41) is 0.581. The number of hydrogen-bond acceptors (Lipinski definition) is 7. The third-order valence-electron chi connectivity index (χ3n) is 1.55. The van der Waals surface area contributed by atoms with Crippen LogP contribution in [0.25, 0.3) is 0 Å². The second-order valence-electron chi connectivity index (χ2n) is 2.70. The van der Waals surface area contributed by atoms with Crippen LogP contribution in [0.4, 0.5) is 5.95 Å². The van der Waals surface area contributed by atoms with Crippen LogP contribution >= 0.6 is 11.8 Å². The quantitative estimate of drug-likeness (QED) is 0.463. The van der Waals surface area contributed by atoms with E-state index in [0.717, 1.165) is 0 Å². The second kappa shape index (κ2) is 6.16. The van der Waals surface area contributed by atoms with E-state index in [1.807, 2.05) is 0 Å². The molecule has 0 fully saturated rings. The van der Waals surface area contributed by atoms with Gasteiger partial charge in [0.25, 0.3) is 0 Å². The van der Waals surface area contributed by atoms with Crippen molar-refractivity contribution in [3.63, 3.8) is 0 Å². The molecular formula is C9H13N3O3S. The lowest BCUT2D eigenvalue weighted by molar-refractivity contribution is -0.139. The molecule has 0 saturated heterocycles. The number of aromatic nitrogens is 2. The van der Waals surface area contributed by atoms with Crippen LogP contribution in [0.3, 0.4) is 0 Å². The molecule has 1 aromatic rings. The molecule has 0 spiro atoms. The third kappa shape index (κ3) is 3.93. The van der Waals surface area contributed by atoms with Crippen molar-refractivity contribution in [2.45, 2.75) is 11.9 Å². The molecule has 0 aliphatic rings. The fourth-order valence-corrected chi connectivity index (χ4v) is 1.63. The Morgan fingerprint density at radius 1 is 1.56 bits per heavy atom. The Labute approximate surface area is 97.5 Å². The average molecular weight is 243 g/mol. The molecular weight excluding hydrogens is 230 g/mol. The highest BCUT2D eigenvalue weighted by molar-refractivity contribution is 7.99. The normalized spacial score (nSPS) is 9.88. The lowest BCUT2D eigenvalue weighted by atomic mass is 10.6. The number of hydrogen-bond donors (Lipinski definition) is 1. The highest BCUT2D eigenvalue weighted by atomic mass is 32.2. The number of carbonyl (C=O) groups excluding carboxylic acids is 1. The summed E-state index contributed by atoms with van der Waals surface area (Å²) >= 11 is 1.23. The van der Waals surface area contributed by atoms with Crippen molar-refractivity contribution < 1.29 is 14.3 Å². The van der Waals surface area contributed by atoms with Crippen molar-refractivity contribution in [1.82, 2.24) is 9.97 Å². The predicted molar refractivity (Wildman–Crippen MR) is 60.4 cm³/mol. The van der Waals surface area contributed by atoms with E-state index in [9.17, 15) is 4.79 Å². The van der Waals surface area contributed by atoms with Crippen LogP contribution in [0.2, 0.25) is 0 Å². The van der Waals surface area contributed by atoms with Crippen LogP contribution in [0.5, 0.6) is 5.88 Å². The van der Waals surface area contributed by atoms with E-state index in [1.54, 1.807) is 13.0 Å².